The highest BCUT2D eigenvalue weighted by Crippen LogP contribution is 2.30. The first-order valence-electron chi connectivity index (χ1n) is 7.20. The maximum atomic E-state index is 6.13. The Morgan fingerprint density at radius 1 is 1.12 bits per heavy atom. The van der Waals surface area contributed by atoms with E-state index in [0.29, 0.717) is 12.0 Å². The molecule has 0 amide bonds. The van der Waals surface area contributed by atoms with Crippen molar-refractivity contribution in [1.82, 2.24) is 4.90 Å². The van der Waals surface area contributed by atoms with Crippen molar-refractivity contribution in [3.8, 4) is 0 Å². The fourth-order valence-corrected chi connectivity index (χ4v) is 3.46. The molecule has 2 heteroatoms. The Kier molecular flexibility index (Phi) is 4.26. The summed E-state index contributed by atoms with van der Waals surface area (Å²) in [5.41, 5.74) is 6.13. The molecular formula is C14H28N2. The van der Waals surface area contributed by atoms with Gasteiger partial charge in [0.2, 0.25) is 0 Å². The average Bonchev–Trinajstić information content (AvgIpc) is 2.53. The number of likely N-dealkylation sites (tertiary alicyclic amines) is 1. The molecule has 0 aromatic rings. The summed E-state index contributed by atoms with van der Waals surface area (Å²) in [5, 5.41) is 0. The number of nitrogens with zero attached hydrogens (tertiary/aromatic N) is 1. The van der Waals surface area contributed by atoms with Crippen LogP contribution in [0.4, 0.5) is 0 Å². The van der Waals surface area contributed by atoms with Crippen molar-refractivity contribution in [2.45, 2.75) is 64.5 Å². The first kappa shape index (κ1) is 12.4. The molecule has 2 N–H and O–H groups in total. The molecule has 1 heterocycles. The summed E-state index contributed by atoms with van der Waals surface area (Å²) in [6.07, 6.45) is 8.55. The molecule has 1 aliphatic heterocycles. The summed E-state index contributed by atoms with van der Waals surface area (Å²) in [4.78, 5) is 2.67. The zero-order valence-corrected chi connectivity index (χ0v) is 11.0. The highest BCUT2D eigenvalue weighted by atomic mass is 15.2. The third-order valence-electron chi connectivity index (χ3n) is 4.85. The van der Waals surface area contributed by atoms with Crippen molar-refractivity contribution in [1.29, 1.82) is 0 Å². The molecule has 2 nitrogen and oxygen atoms in total. The molecule has 94 valence electrons. The van der Waals surface area contributed by atoms with E-state index in [1.54, 1.807) is 0 Å². The molecule has 2 fully saturated rings. The lowest BCUT2D eigenvalue weighted by Crippen LogP contribution is -2.35. The highest BCUT2D eigenvalue weighted by Gasteiger charge is 2.32. The Bertz CT molecular complexity index is 207. The zero-order valence-electron chi connectivity index (χ0n) is 11.0. The van der Waals surface area contributed by atoms with Crippen LogP contribution in [0.3, 0.4) is 0 Å². The van der Waals surface area contributed by atoms with E-state index < -0.39 is 0 Å². The van der Waals surface area contributed by atoms with Crippen LogP contribution in [0.1, 0.15) is 52.4 Å². The summed E-state index contributed by atoms with van der Waals surface area (Å²) in [6.45, 7) is 7.03. The predicted octanol–water partition coefficient (Wildman–Crippen LogP) is 2.62. The summed E-state index contributed by atoms with van der Waals surface area (Å²) >= 11 is 0. The van der Waals surface area contributed by atoms with E-state index in [4.69, 9.17) is 5.73 Å². The monoisotopic (exact) mass is 224 g/mol. The van der Waals surface area contributed by atoms with Crippen molar-refractivity contribution >= 4 is 0 Å². The summed E-state index contributed by atoms with van der Waals surface area (Å²) in [7, 11) is 0. The first-order chi connectivity index (χ1) is 7.70. The van der Waals surface area contributed by atoms with Gasteiger partial charge in [-0.1, -0.05) is 33.1 Å². The number of nitrogens with two attached hydrogens (primary N) is 1. The Morgan fingerprint density at radius 2 is 1.94 bits per heavy atom. The normalized spacial score (nSPS) is 42.2. The molecule has 4 atom stereocenters. The van der Waals surface area contributed by atoms with Gasteiger partial charge in [0.05, 0.1) is 0 Å². The molecule has 1 aliphatic carbocycles. The Morgan fingerprint density at radius 3 is 2.56 bits per heavy atom. The van der Waals surface area contributed by atoms with Gasteiger partial charge in [-0.05, 0) is 31.1 Å². The van der Waals surface area contributed by atoms with Gasteiger partial charge < -0.3 is 5.73 Å². The minimum atomic E-state index is 0.422. The largest absolute Gasteiger partial charge is 0.326 e. The van der Waals surface area contributed by atoms with Crippen LogP contribution >= 0.6 is 0 Å². The van der Waals surface area contributed by atoms with E-state index >= 15 is 0 Å². The number of hydrogen-bond donors (Lipinski definition) is 1. The molecular weight excluding hydrogens is 196 g/mol. The topological polar surface area (TPSA) is 29.3 Å². The quantitative estimate of drug-likeness (QED) is 0.731. The van der Waals surface area contributed by atoms with Gasteiger partial charge in [0, 0.05) is 25.2 Å². The maximum absolute atomic E-state index is 6.13. The van der Waals surface area contributed by atoms with Crippen LogP contribution in [0.15, 0.2) is 0 Å². The van der Waals surface area contributed by atoms with Crippen molar-refractivity contribution in [2.75, 3.05) is 13.1 Å². The van der Waals surface area contributed by atoms with Crippen molar-refractivity contribution in [3.05, 3.63) is 0 Å². The Balaban J connectivity index is 1.86. The summed E-state index contributed by atoms with van der Waals surface area (Å²) in [6, 6.07) is 1.26. The molecule has 2 rings (SSSR count). The fourth-order valence-electron chi connectivity index (χ4n) is 3.46. The molecule has 1 saturated heterocycles. The van der Waals surface area contributed by atoms with Crippen LogP contribution in [0.2, 0.25) is 0 Å². The van der Waals surface area contributed by atoms with Gasteiger partial charge in [0.25, 0.3) is 0 Å². The van der Waals surface area contributed by atoms with Gasteiger partial charge in [-0.2, -0.15) is 0 Å². The zero-order chi connectivity index (χ0) is 11.5. The van der Waals surface area contributed by atoms with E-state index in [9.17, 15) is 0 Å². The standard InChI is InChI=1S/C14H28N2/c1-3-12-5-4-6-13(8-7-12)16-9-11(2)14(15)10-16/h11-14H,3-10,15H2,1-2H3. The minimum absolute atomic E-state index is 0.422. The van der Waals surface area contributed by atoms with Gasteiger partial charge in [-0.25, -0.2) is 0 Å². The second-order valence-electron chi connectivity index (χ2n) is 6.03. The van der Waals surface area contributed by atoms with Crippen LogP contribution < -0.4 is 5.73 Å². The number of hydrogen-bond acceptors (Lipinski definition) is 2. The molecule has 0 bridgehead atoms. The molecule has 0 aromatic heterocycles. The number of rotatable bonds is 2. The molecule has 4 unspecified atom stereocenters. The van der Waals surface area contributed by atoms with E-state index in [0.717, 1.165) is 18.5 Å². The molecule has 0 aromatic carbocycles. The van der Waals surface area contributed by atoms with Crippen LogP contribution in [-0.2, 0) is 0 Å². The van der Waals surface area contributed by atoms with Crippen molar-refractivity contribution < 1.29 is 0 Å². The van der Waals surface area contributed by atoms with E-state index in [1.165, 1.54) is 45.1 Å². The molecule has 2 aliphatic rings. The first-order valence-corrected chi connectivity index (χ1v) is 7.20. The summed E-state index contributed by atoms with van der Waals surface area (Å²) in [5.74, 6) is 1.70. The van der Waals surface area contributed by atoms with Crippen molar-refractivity contribution in [3.63, 3.8) is 0 Å². The Hall–Kier alpha value is -0.0800. The van der Waals surface area contributed by atoms with Crippen LogP contribution in [0.25, 0.3) is 0 Å². The van der Waals surface area contributed by atoms with E-state index in [1.807, 2.05) is 0 Å². The van der Waals surface area contributed by atoms with Crippen LogP contribution in [-0.4, -0.2) is 30.1 Å². The minimum Gasteiger partial charge on any atom is -0.326 e. The second kappa shape index (κ2) is 5.50. The third kappa shape index (κ3) is 2.78. The molecule has 0 radical (unpaired) electrons. The van der Waals surface area contributed by atoms with E-state index in [2.05, 4.69) is 18.7 Å². The second-order valence-corrected chi connectivity index (χ2v) is 6.03. The summed E-state index contributed by atoms with van der Waals surface area (Å²) < 4.78 is 0. The molecule has 1 saturated carbocycles. The smallest absolute Gasteiger partial charge is 0.0206 e. The van der Waals surface area contributed by atoms with Gasteiger partial charge in [-0.3, -0.25) is 4.90 Å². The Labute approximate surface area is 101 Å². The molecule has 0 spiro atoms. The van der Waals surface area contributed by atoms with Gasteiger partial charge in [0.1, 0.15) is 0 Å². The lowest BCUT2D eigenvalue weighted by molar-refractivity contribution is 0.212. The third-order valence-corrected chi connectivity index (χ3v) is 4.85. The van der Waals surface area contributed by atoms with Gasteiger partial charge in [-0.15, -0.1) is 0 Å². The predicted molar refractivity (Wildman–Crippen MR) is 69.4 cm³/mol. The lowest BCUT2D eigenvalue weighted by Gasteiger charge is -2.26. The average molecular weight is 224 g/mol. The van der Waals surface area contributed by atoms with Crippen LogP contribution in [0.5, 0.6) is 0 Å². The fraction of sp³-hybridized carbons (Fsp3) is 1.00. The van der Waals surface area contributed by atoms with Gasteiger partial charge >= 0.3 is 0 Å². The highest BCUT2D eigenvalue weighted by molar-refractivity contribution is 4.89. The maximum Gasteiger partial charge on any atom is 0.0206 e. The molecule has 16 heavy (non-hydrogen) atoms. The van der Waals surface area contributed by atoms with Crippen molar-refractivity contribution in [2.24, 2.45) is 17.6 Å². The van der Waals surface area contributed by atoms with Crippen LogP contribution in [0, 0.1) is 11.8 Å². The van der Waals surface area contributed by atoms with E-state index in [-0.39, 0.29) is 0 Å². The van der Waals surface area contributed by atoms with Gasteiger partial charge in [0.15, 0.2) is 0 Å². The lowest BCUT2D eigenvalue weighted by atomic mass is 9.97. The SMILES string of the molecule is CCC1CCCC(N2CC(C)C(N)C2)CC1.